The van der Waals surface area contributed by atoms with E-state index >= 15 is 0 Å². The highest BCUT2D eigenvalue weighted by Crippen LogP contribution is 2.32. The van der Waals surface area contributed by atoms with Crippen LogP contribution >= 0.6 is 15.9 Å². The molecule has 3 aromatic rings. The second kappa shape index (κ2) is 5.13. The molecular weight excluding hydrogens is 316 g/mol. The summed E-state index contributed by atoms with van der Waals surface area (Å²) < 4.78 is 7.02. The zero-order valence-corrected chi connectivity index (χ0v) is 12.5. The van der Waals surface area contributed by atoms with E-state index < -0.39 is 0 Å². The van der Waals surface area contributed by atoms with E-state index in [1.807, 2.05) is 49.4 Å². The summed E-state index contributed by atoms with van der Waals surface area (Å²) in [5.41, 5.74) is 8.38. The number of fused-ring (bicyclic) bond motifs is 1. The minimum absolute atomic E-state index is 0.695. The summed E-state index contributed by atoms with van der Waals surface area (Å²) in [5.74, 6) is 1.60. The molecular formula is C16H13BrN2O. The smallest absolute Gasteiger partial charge is 0.138 e. The van der Waals surface area contributed by atoms with Crippen LogP contribution in [0.3, 0.4) is 0 Å². The van der Waals surface area contributed by atoms with Crippen LogP contribution in [0.4, 0.5) is 5.69 Å². The lowest BCUT2D eigenvalue weighted by Gasteiger charge is -2.11. The van der Waals surface area contributed by atoms with Gasteiger partial charge in [-0.15, -0.1) is 0 Å². The lowest BCUT2D eigenvalue weighted by Crippen LogP contribution is -1.91. The molecule has 20 heavy (non-hydrogen) atoms. The van der Waals surface area contributed by atoms with Crippen molar-refractivity contribution in [3.63, 3.8) is 0 Å². The SMILES string of the molecule is Cc1ccc(Br)cc1Oc1ccnc2cc(N)ccc12. The fourth-order valence-corrected chi connectivity index (χ4v) is 2.37. The third kappa shape index (κ3) is 2.47. The fraction of sp³-hybridized carbons (Fsp3) is 0.0625. The summed E-state index contributed by atoms with van der Waals surface area (Å²) in [6.07, 6.45) is 1.73. The van der Waals surface area contributed by atoms with E-state index in [-0.39, 0.29) is 0 Å². The van der Waals surface area contributed by atoms with E-state index in [4.69, 9.17) is 10.5 Å². The van der Waals surface area contributed by atoms with Gasteiger partial charge in [0.1, 0.15) is 11.5 Å². The number of nitrogens with zero attached hydrogens (tertiary/aromatic N) is 1. The molecule has 0 fully saturated rings. The molecule has 0 spiro atoms. The number of hydrogen-bond donors (Lipinski definition) is 1. The normalized spacial score (nSPS) is 10.7. The predicted octanol–water partition coefficient (Wildman–Crippen LogP) is 4.68. The van der Waals surface area contributed by atoms with Gasteiger partial charge in [0.15, 0.2) is 0 Å². The van der Waals surface area contributed by atoms with Gasteiger partial charge in [-0.3, -0.25) is 4.98 Å². The van der Waals surface area contributed by atoms with Crippen LogP contribution in [-0.2, 0) is 0 Å². The van der Waals surface area contributed by atoms with Gasteiger partial charge in [0.2, 0.25) is 0 Å². The number of halogens is 1. The third-order valence-electron chi connectivity index (χ3n) is 3.10. The van der Waals surface area contributed by atoms with Gasteiger partial charge in [0.25, 0.3) is 0 Å². The van der Waals surface area contributed by atoms with Gasteiger partial charge in [0, 0.05) is 21.7 Å². The number of nitrogen functional groups attached to an aromatic ring is 1. The van der Waals surface area contributed by atoms with Crippen LogP contribution in [0.5, 0.6) is 11.5 Å². The summed E-state index contributed by atoms with van der Waals surface area (Å²) in [7, 11) is 0. The molecule has 0 aliphatic rings. The number of ether oxygens (including phenoxy) is 1. The van der Waals surface area contributed by atoms with Gasteiger partial charge in [-0.1, -0.05) is 22.0 Å². The molecule has 0 unspecified atom stereocenters. The van der Waals surface area contributed by atoms with E-state index in [0.29, 0.717) is 5.69 Å². The summed E-state index contributed by atoms with van der Waals surface area (Å²) in [6.45, 7) is 2.02. The number of hydrogen-bond acceptors (Lipinski definition) is 3. The number of benzene rings is 2. The molecule has 0 saturated heterocycles. The quantitative estimate of drug-likeness (QED) is 0.695. The lowest BCUT2D eigenvalue weighted by molar-refractivity contribution is 0.483. The molecule has 2 aromatic carbocycles. The van der Waals surface area contributed by atoms with E-state index in [0.717, 1.165) is 32.4 Å². The van der Waals surface area contributed by atoms with Gasteiger partial charge in [-0.05, 0) is 48.9 Å². The van der Waals surface area contributed by atoms with E-state index in [2.05, 4.69) is 20.9 Å². The molecule has 0 amide bonds. The van der Waals surface area contributed by atoms with Gasteiger partial charge in [0.05, 0.1) is 5.52 Å². The third-order valence-corrected chi connectivity index (χ3v) is 3.59. The molecule has 0 radical (unpaired) electrons. The Labute approximate surface area is 125 Å². The van der Waals surface area contributed by atoms with Crippen molar-refractivity contribution in [1.29, 1.82) is 0 Å². The van der Waals surface area contributed by atoms with Gasteiger partial charge >= 0.3 is 0 Å². The number of pyridine rings is 1. The first-order valence-corrected chi connectivity index (χ1v) is 7.01. The van der Waals surface area contributed by atoms with Crippen LogP contribution in [0.25, 0.3) is 10.9 Å². The number of rotatable bonds is 2. The van der Waals surface area contributed by atoms with Crippen molar-refractivity contribution in [2.24, 2.45) is 0 Å². The minimum atomic E-state index is 0.695. The van der Waals surface area contributed by atoms with Crippen molar-refractivity contribution in [1.82, 2.24) is 4.98 Å². The maximum Gasteiger partial charge on any atom is 0.138 e. The first-order chi connectivity index (χ1) is 9.63. The molecule has 0 aliphatic heterocycles. The van der Waals surface area contributed by atoms with Gasteiger partial charge in [-0.25, -0.2) is 0 Å². The number of nitrogens with two attached hydrogens (primary N) is 1. The topological polar surface area (TPSA) is 48.1 Å². The van der Waals surface area contributed by atoms with E-state index in [9.17, 15) is 0 Å². The van der Waals surface area contributed by atoms with Crippen LogP contribution < -0.4 is 10.5 Å². The Kier molecular flexibility index (Phi) is 3.32. The Morgan fingerprint density at radius 1 is 1.05 bits per heavy atom. The van der Waals surface area contributed by atoms with Crippen molar-refractivity contribution in [2.75, 3.05) is 5.73 Å². The Hall–Kier alpha value is -2.07. The largest absolute Gasteiger partial charge is 0.456 e. The Balaban J connectivity index is 2.09. The Bertz CT molecular complexity index is 787. The zero-order valence-electron chi connectivity index (χ0n) is 10.9. The molecule has 3 rings (SSSR count). The molecule has 2 N–H and O–H groups in total. The van der Waals surface area contributed by atoms with E-state index in [1.165, 1.54) is 0 Å². The highest BCUT2D eigenvalue weighted by molar-refractivity contribution is 9.10. The molecule has 1 aromatic heterocycles. The summed E-state index contributed by atoms with van der Waals surface area (Å²) in [5, 5.41) is 0.945. The zero-order chi connectivity index (χ0) is 14.1. The van der Waals surface area contributed by atoms with Crippen molar-refractivity contribution in [3.05, 3.63) is 58.7 Å². The van der Waals surface area contributed by atoms with Crippen molar-refractivity contribution in [3.8, 4) is 11.5 Å². The van der Waals surface area contributed by atoms with Crippen molar-refractivity contribution in [2.45, 2.75) is 6.92 Å². The fourth-order valence-electron chi connectivity index (χ4n) is 2.03. The predicted molar refractivity (Wildman–Crippen MR) is 85.1 cm³/mol. The number of aromatic nitrogens is 1. The Morgan fingerprint density at radius 3 is 2.75 bits per heavy atom. The van der Waals surface area contributed by atoms with Crippen molar-refractivity contribution < 1.29 is 4.74 Å². The molecule has 3 nitrogen and oxygen atoms in total. The molecule has 0 atom stereocenters. The Morgan fingerprint density at radius 2 is 1.90 bits per heavy atom. The molecule has 0 aliphatic carbocycles. The summed E-state index contributed by atoms with van der Waals surface area (Å²) in [4.78, 5) is 4.32. The molecule has 4 heteroatoms. The monoisotopic (exact) mass is 328 g/mol. The van der Waals surface area contributed by atoms with Crippen molar-refractivity contribution >= 4 is 32.5 Å². The first-order valence-electron chi connectivity index (χ1n) is 6.22. The second-order valence-electron chi connectivity index (χ2n) is 4.60. The number of anilines is 1. The van der Waals surface area contributed by atoms with E-state index in [1.54, 1.807) is 6.20 Å². The maximum atomic E-state index is 6.03. The maximum absolute atomic E-state index is 6.03. The highest BCUT2D eigenvalue weighted by atomic mass is 79.9. The van der Waals surface area contributed by atoms with Gasteiger partial charge in [-0.2, -0.15) is 0 Å². The molecule has 0 bridgehead atoms. The second-order valence-corrected chi connectivity index (χ2v) is 5.51. The highest BCUT2D eigenvalue weighted by Gasteiger charge is 2.07. The van der Waals surface area contributed by atoms with Crippen LogP contribution in [0, 0.1) is 6.92 Å². The van der Waals surface area contributed by atoms with Crippen LogP contribution in [-0.4, -0.2) is 4.98 Å². The lowest BCUT2D eigenvalue weighted by atomic mass is 10.2. The number of aryl methyl sites for hydroxylation is 1. The van der Waals surface area contributed by atoms with Crippen LogP contribution in [0.1, 0.15) is 5.56 Å². The summed E-state index contributed by atoms with van der Waals surface area (Å²) in [6, 6.07) is 13.5. The molecule has 1 heterocycles. The average Bonchev–Trinajstić information content (AvgIpc) is 2.43. The van der Waals surface area contributed by atoms with Crippen LogP contribution in [0.15, 0.2) is 53.1 Å². The first kappa shape index (κ1) is 12.9. The standard InChI is InChI=1S/C16H13BrN2O/c1-10-2-3-11(17)8-16(10)20-15-6-7-19-14-9-12(18)4-5-13(14)15/h2-9H,18H2,1H3. The molecule has 100 valence electrons. The average molecular weight is 329 g/mol. The molecule has 0 saturated carbocycles. The summed E-state index contributed by atoms with van der Waals surface area (Å²) >= 11 is 3.46. The minimum Gasteiger partial charge on any atom is -0.456 e. The van der Waals surface area contributed by atoms with Crippen LogP contribution in [0.2, 0.25) is 0 Å². The van der Waals surface area contributed by atoms with Gasteiger partial charge < -0.3 is 10.5 Å².